The highest BCUT2D eigenvalue weighted by molar-refractivity contribution is 5.70. The molecule has 0 fully saturated rings. The van der Waals surface area contributed by atoms with E-state index in [1.54, 1.807) is 18.5 Å². The van der Waals surface area contributed by atoms with Crippen LogP contribution in [0.5, 0.6) is 0 Å². The highest BCUT2D eigenvalue weighted by Crippen LogP contribution is 1.89. The molecule has 0 radical (unpaired) electrons. The number of hydrogen-bond donors (Lipinski definition) is 0. The molecule has 0 aromatic rings. The van der Waals surface area contributed by atoms with Gasteiger partial charge >= 0.3 is 0 Å². The van der Waals surface area contributed by atoms with E-state index in [0.717, 1.165) is 6.54 Å². The van der Waals surface area contributed by atoms with Gasteiger partial charge in [0.05, 0.1) is 0 Å². The van der Waals surface area contributed by atoms with Gasteiger partial charge in [-0.1, -0.05) is 13.8 Å². The topological polar surface area (TPSA) is 24.7 Å². The van der Waals surface area contributed by atoms with Crippen LogP contribution in [0, 0.1) is 5.92 Å². The third-order valence-corrected chi connectivity index (χ3v) is 0.854. The summed E-state index contributed by atoms with van der Waals surface area (Å²) in [6.07, 6.45) is 5.13. The van der Waals surface area contributed by atoms with Crippen molar-refractivity contribution in [3.05, 3.63) is 12.3 Å². The molecule has 0 rings (SSSR count). The van der Waals surface area contributed by atoms with Crippen LogP contribution >= 0.6 is 0 Å². The molecule has 0 atom stereocenters. The Kier molecular flexibility index (Phi) is 5.63. The summed E-state index contributed by atoms with van der Waals surface area (Å²) in [5.41, 5.74) is 0. The van der Waals surface area contributed by atoms with E-state index in [9.17, 15) is 0 Å². The Balaban J connectivity index is 3.37. The lowest BCUT2D eigenvalue weighted by atomic mass is 10.2. The largest absolute Gasteiger partial charge is 0.293 e. The van der Waals surface area contributed by atoms with Crippen LogP contribution in [-0.4, -0.2) is 19.5 Å². The minimum absolute atomic E-state index is 0.626. The molecule has 56 valence electrons. The second-order valence-corrected chi connectivity index (χ2v) is 2.43. The van der Waals surface area contributed by atoms with Gasteiger partial charge in [0.2, 0.25) is 0 Å². The van der Waals surface area contributed by atoms with E-state index in [1.165, 1.54) is 0 Å². The van der Waals surface area contributed by atoms with Crippen molar-refractivity contribution in [2.45, 2.75) is 13.8 Å². The molecular weight excluding hydrogens is 124 g/mol. The monoisotopic (exact) mass is 138 g/mol. The maximum Gasteiger partial charge on any atom is 0.0412 e. The lowest BCUT2D eigenvalue weighted by Gasteiger charge is -1.94. The predicted molar refractivity (Wildman–Crippen MR) is 46.9 cm³/mol. The molecule has 0 saturated carbocycles. The normalized spacial score (nSPS) is 11.9. The number of allylic oxidation sites excluding steroid dienone is 1. The summed E-state index contributed by atoms with van der Waals surface area (Å²) in [5, 5.41) is 0. The van der Waals surface area contributed by atoms with Gasteiger partial charge in [0.15, 0.2) is 0 Å². The Bertz CT molecular complexity index is 134. The molecule has 0 N–H and O–H groups in total. The first-order valence-electron chi connectivity index (χ1n) is 3.38. The molecule has 10 heavy (non-hydrogen) atoms. The van der Waals surface area contributed by atoms with Gasteiger partial charge in [-0.3, -0.25) is 9.98 Å². The molecule has 0 saturated heterocycles. The van der Waals surface area contributed by atoms with Crippen LogP contribution in [0.3, 0.4) is 0 Å². The van der Waals surface area contributed by atoms with Gasteiger partial charge in [-0.2, -0.15) is 0 Å². The van der Waals surface area contributed by atoms with E-state index in [4.69, 9.17) is 0 Å². The van der Waals surface area contributed by atoms with Gasteiger partial charge in [0.1, 0.15) is 0 Å². The number of nitrogens with zero attached hydrogens (tertiary/aromatic N) is 2. The van der Waals surface area contributed by atoms with E-state index < -0.39 is 0 Å². The highest BCUT2D eigenvalue weighted by Gasteiger charge is 1.85. The fraction of sp³-hybridized carbons (Fsp3) is 0.500. The van der Waals surface area contributed by atoms with Crippen molar-refractivity contribution in [2.75, 3.05) is 6.54 Å². The summed E-state index contributed by atoms with van der Waals surface area (Å²) in [4.78, 5) is 7.64. The van der Waals surface area contributed by atoms with Gasteiger partial charge in [-0.05, 0) is 18.7 Å². The SMILES string of the molecule is C=N/C=C\C=N/CC(C)C. The van der Waals surface area contributed by atoms with Gasteiger partial charge in [0.25, 0.3) is 0 Å². The van der Waals surface area contributed by atoms with Crippen molar-refractivity contribution in [3.8, 4) is 0 Å². The summed E-state index contributed by atoms with van der Waals surface area (Å²) in [5.74, 6) is 0.626. The molecule has 0 unspecified atom stereocenters. The molecule has 0 aliphatic heterocycles. The van der Waals surface area contributed by atoms with Crippen LogP contribution in [0.25, 0.3) is 0 Å². The number of hydrogen-bond acceptors (Lipinski definition) is 2. The van der Waals surface area contributed by atoms with Gasteiger partial charge in [-0.15, -0.1) is 0 Å². The summed E-state index contributed by atoms with van der Waals surface area (Å²) >= 11 is 0. The van der Waals surface area contributed by atoms with Crippen molar-refractivity contribution < 1.29 is 0 Å². The Morgan fingerprint density at radius 1 is 1.50 bits per heavy atom. The zero-order valence-corrected chi connectivity index (χ0v) is 6.62. The second kappa shape index (κ2) is 6.20. The third-order valence-electron chi connectivity index (χ3n) is 0.854. The standard InChI is InChI=1S/C8H14N2/c1-8(2)7-10-6-4-5-9-3/h4-6,8H,3,7H2,1-2H3/b5-4-,10-6-. The van der Waals surface area contributed by atoms with Crippen molar-refractivity contribution in [2.24, 2.45) is 15.9 Å². The second-order valence-electron chi connectivity index (χ2n) is 2.43. The minimum Gasteiger partial charge on any atom is -0.293 e. The molecule has 2 heteroatoms. The van der Waals surface area contributed by atoms with Gasteiger partial charge in [0, 0.05) is 19.0 Å². The lowest BCUT2D eigenvalue weighted by Crippen LogP contribution is -1.90. The fourth-order valence-corrected chi connectivity index (χ4v) is 0.432. The Morgan fingerprint density at radius 3 is 2.70 bits per heavy atom. The van der Waals surface area contributed by atoms with Crippen molar-refractivity contribution in [1.82, 2.24) is 0 Å². The highest BCUT2D eigenvalue weighted by atomic mass is 14.7. The number of aliphatic imine (C=N–C) groups is 2. The molecular formula is C8H14N2. The van der Waals surface area contributed by atoms with Crippen LogP contribution < -0.4 is 0 Å². The van der Waals surface area contributed by atoms with Gasteiger partial charge < -0.3 is 0 Å². The molecule has 0 aliphatic rings. The van der Waals surface area contributed by atoms with Crippen LogP contribution in [-0.2, 0) is 0 Å². The molecule has 0 heterocycles. The first-order valence-corrected chi connectivity index (χ1v) is 3.38. The summed E-state index contributed by atoms with van der Waals surface area (Å²) in [7, 11) is 0. The Labute approximate surface area is 62.4 Å². The molecule has 2 nitrogen and oxygen atoms in total. The van der Waals surface area contributed by atoms with Crippen molar-refractivity contribution >= 4 is 12.9 Å². The van der Waals surface area contributed by atoms with Crippen LogP contribution in [0.2, 0.25) is 0 Å². The smallest absolute Gasteiger partial charge is 0.0412 e. The summed E-state index contributed by atoms with van der Waals surface area (Å²) in [6.45, 7) is 8.43. The Hall–Kier alpha value is -0.920. The quantitative estimate of drug-likeness (QED) is 0.530. The summed E-state index contributed by atoms with van der Waals surface area (Å²) < 4.78 is 0. The minimum atomic E-state index is 0.626. The molecule has 0 aromatic carbocycles. The van der Waals surface area contributed by atoms with Crippen LogP contribution in [0.4, 0.5) is 0 Å². The maximum atomic E-state index is 4.11. The third kappa shape index (κ3) is 7.08. The van der Waals surface area contributed by atoms with E-state index in [-0.39, 0.29) is 0 Å². The van der Waals surface area contributed by atoms with Crippen molar-refractivity contribution in [3.63, 3.8) is 0 Å². The van der Waals surface area contributed by atoms with Crippen LogP contribution in [0.1, 0.15) is 13.8 Å². The molecule has 0 amide bonds. The van der Waals surface area contributed by atoms with E-state index in [0.29, 0.717) is 5.92 Å². The van der Waals surface area contributed by atoms with E-state index >= 15 is 0 Å². The van der Waals surface area contributed by atoms with Crippen LogP contribution in [0.15, 0.2) is 22.3 Å². The zero-order valence-electron chi connectivity index (χ0n) is 6.62. The zero-order chi connectivity index (χ0) is 7.82. The molecule has 0 aromatic heterocycles. The Morgan fingerprint density at radius 2 is 2.20 bits per heavy atom. The lowest BCUT2D eigenvalue weighted by molar-refractivity contribution is 0.667. The first kappa shape index (κ1) is 9.08. The average Bonchev–Trinajstić information content (AvgIpc) is 1.87. The molecule has 0 bridgehead atoms. The van der Waals surface area contributed by atoms with Gasteiger partial charge in [-0.25, -0.2) is 0 Å². The molecule has 0 spiro atoms. The van der Waals surface area contributed by atoms with E-state index in [2.05, 4.69) is 30.5 Å². The fourth-order valence-electron chi connectivity index (χ4n) is 0.432. The predicted octanol–water partition coefficient (Wildman–Crippen LogP) is 1.93. The van der Waals surface area contributed by atoms with E-state index in [1.807, 2.05) is 0 Å². The summed E-state index contributed by atoms with van der Waals surface area (Å²) in [6, 6.07) is 0. The first-order chi connectivity index (χ1) is 4.77. The van der Waals surface area contributed by atoms with Crippen molar-refractivity contribution in [1.29, 1.82) is 0 Å². The maximum absolute atomic E-state index is 4.11. The molecule has 0 aliphatic carbocycles. The number of rotatable bonds is 4. The average molecular weight is 138 g/mol.